The normalized spacial score (nSPS) is 12.6. The average molecular weight is 213 g/mol. The van der Waals surface area contributed by atoms with E-state index in [1.54, 1.807) is 0 Å². The molecule has 0 radical (unpaired) electrons. The van der Waals surface area contributed by atoms with Crippen molar-refractivity contribution in [1.82, 2.24) is 4.98 Å². The molecule has 1 rings (SSSR count). The third kappa shape index (κ3) is 3.18. The Hall–Kier alpha value is -0.760. The Labute approximate surface area is 90.9 Å². The van der Waals surface area contributed by atoms with E-state index in [0.29, 0.717) is 0 Å². The molecule has 0 amide bonds. The standard InChI is InChI=1S/C11H17ClN2/c1-9-8-13-6-4-11(9)14(3)7-5-10(2)12/h4,6,8,10H,5,7H2,1-3H3. The summed E-state index contributed by atoms with van der Waals surface area (Å²) < 4.78 is 0. The number of hydrogen-bond acceptors (Lipinski definition) is 2. The molecule has 3 heteroatoms. The zero-order chi connectivity index (χ0) is 10.6. The molecule has 1 aromatic rings. The fourth-order valence-corrected chi connectivity index (χ4v) is 1.48. The maximum absolute atomic E-state index is 5.91. The lowest BCUT2D eigenvalue weighted by atomic mass is 10.2. The number of anilines is 1. The first-order chi connectivity index (χ1) is 6.61. The summed E-state index contributed by atoms with van der Waals surface area (Å²) in [7, 11) is 2.08. The highest BCUT2D eigenvalue weighted by atomic mass is 35.5. The Morgan fingerprint density at radius 2 is 2.29 bits per heavy atom. The van der Waals surface area contributed by atoms with E-state index in [4.69, 9.17) is 11.6 Å². The number of pyridine rings is 1. The molecule has 1 heterocycles. The SMILES string of the molecule is Cc1cnccc1N(C)CCC(C)Cl. The number of aryl methyl sites for hydroxylation is 1. The summed E-state index contributed by atoms with van der Waals surface area (Å²) in [5, 5.41) is 0.236. The molecule has 78 valence electrons. The highest BCUT2D eigenvalue weighted by Crippen LogP contribution is 2.17. The number of nitrogens with zero attached hydrogens (tertiary/aromatic N) is 2. The molecular weight excluding hydrogens is 196 g/mol. The number of hydrogen-bond donors (Lipinski definition) is 0. The summed E-state index contributed by atoms with van der Waals surface area (Å²) in [5.41, 5.74) is 2.44. The fraction of sp³-hybridized carbons (Fsp3) is 0.545. The first kappa shape index (κ1) is 11.3. The van der Waals surface area contributed by atoms with Gasteiger partial charge in [-0.1, -0.05) is 0 Å². The number of aromatic nitrogens is 1. The molecule has 0 aliphatic heterocycles. The van der Waals surface area contributed by atoms with Crippen LogP contribution in [0, 0.1) is 6.92 Å². The summed E-state index contributed by atoms with van der Waals surface area (Å²) >= 11 is 5.91. The molecule has 0 bridgehead atoms. The van der Waals surface area contributed by atoms with Crippen molar-refractivity contribution in [3.8, 4) is 0 Å². The van der Waals surface area contributed by atoms with Gasteiger partial charge in [0.25, 0.3) is 0 Å². The van der Waals surface area contributed by atoms with Crippen LogP contribution < -0.4 is 4.90 Å². The molecule has 0 N–H and O–H groups in total. The van der Waals surface area contributed by atoms with Crippen LogP contribution in [0.4, 0.5) is 5.69 Å². The summed E-state index contributed by atoms with van der Waals surface area (Å²) in [5.74, 6) is 0. The van der Waals surface area contributed by atoms with Crippen LogP contribution in [0.3, 0.4) is 0 Å². The Morgan fingerprint density at radius 3 is 2.86 bits per heavy atom. The van der Waals surface area contributed by atoms with Crippen LogP contribution in [0.25, 0.3) is 0 Å². The van der Waals surface area contributed by atoms with Gasteiger partial charge in [-0.25, -0.2) is 0 Å². The molecule has 0 aliphatic rings. The van der Waals surface area contributed by atoms with Gasteiger partial charge in [0.05, 0.1) is 0 Å². The fourth-order valence-electron chi connectivity index (χ4n) is 1.39. The van der Waals surface area contributed by atoms with Gasteiger partial charge in [-0.3, -0.25) is 4.98 Å². The monoisotopic (exact) mass is 212 g/mol. The van der Waals surface area contributed by atoms with Crippen LogP contribution in [-0.2, 0) is 0 Å². The van der Waals surface area contributed by atoms with Crippen molar-refractivity contribution in [2.45, 2.75) is 25.6 Å². The van der Waals surface area contributed by atoms with Crippen molar-refractivity contribution in [3.63, 3.8) is 0 Å². The smallest absolute Gasteiger partial charge is 0.0424 e. The van der Waals surface area contributed by atoms with Crippen LogP contribution in [-0.4, -0.2) is 24.0 Å². The minimum Gasteiger partial charge on any atom is -0.374 e. The molecule has 0 aromatic carbocycles. The van der Waals surface area contributed by atoms with Crippen molar-refractivity contribution >= 4 is 17.3 Å². The minimum atomic E-state index is 0.236. The van der Waals surface area contributed by atoms with E-state index in [0.717, 1.165) is 13.0 Å². The van der Waals surface area contributed by atoms with Gasteiger partial charge >= 0.3 is 0 Å². The van der Waals surface area contributed by atoms with Crippen molar-refractivity contribution < 1.29 is 0 Å². The second-order valence-corrected chi connectivity index (χ2v) is 4.40. The predicted octanol–water partition coefficient (Wildman–Crippen LogP) is 2.84. The Bertz CT molecular complexity index is 286. The van der Waals surface area contributed by atoms with Crippen molar-refractivity contribution in [1.29, 1.82) is 0 Å². The molecule has 1 unspecified atom stereocenters. The Kier molecular flexibility index (Phi) is 4.21. The quantitative estimate of drug-likeness (QED) is 0.714. The van der Waals surface area contributed by atoms with Gasteiger partial charge < -0.3 is 4.90 Å². The molecule has 1 aromatic heterocycles. The van der Waals surface area contributed by atoms with Crippen molar-refractivity contribution in [2.24, 2.45) is 0 Å². The Morgan fingerprint density at radius 1 is 1.57 bits per heavy atom. The molecule has 0 saturated carbocycles. The van der Waals surface area contributed by atoms with E-state index in [1.165, 1.54) is 11.3 Å². The van der Waals surface area contributed by atoms with E-state index < -0.39 is 0 Å². The van der Waals surface area contributed by atoms with Gasteiger partial charge in [-0.2, -0.15) is 0 Å². The van der Waals surface area contributed by atoms with E-state index in [1.807, 2.05) is 25.4 Å². The summed E-state index contributed by atoms with van der Waals surface area (Å²) in [6.45, 7) is 5.08. The first-order valence-corrected chi connectivity index (χ1v) is 5.30. The number of alkyl halides is 1. The third-order valence-electron chi connectivity index (χ3n) is 2.26. The van der Waals surface area contributed by atoms with Gasteiger partial charge in [-0.15, -0.1) is 11.6 Å². The largest absolute Gasteiger partial charge is 0.374 e. The molecule has 0 spiro atoms. The highest BCUT2D eigenvalue weighted by Gasteiger charge is 2.05. The van der Waals surface area contributed by atoms with Crippen LogP contribution in [0.1, 0.15) is 18.9 Å². The predicted molar refractivity (Wildman–Crippen MR) is 62.2 cm³/mol. The van der Waals surface area contributed by atoms with Gasteiger partial charge in [-0.05, 0) is 31.9 Å². The van der Waals surface area contributed by atoms with Gasteiger partial charge in [0.1, 0.15) is 0 Å². The van der Waals surface area contributed by atoms with Gasteiger partial charge in [0.15, 0.2) is 0 Å². The van der Waals surface area contributed by atoms with E-state index in [-0.39, 0.29) is 5.38 Å². The van der Waals surface area contributed by atoms with Crippen molar-refractivity contribution in [2.75, 3.05) is 18.5 Å². The van der Waals surface area contributed by atoms with Crippen molar-refractivity contribution in [3.05, 3.63) is 24.0 Å². The van der Waals surface area contributed by atoms with E-state index >= 15 is 0 Å². The zero-order valence-electron chi connectivity index (χ0n) is 9.00. The maximum atomic E-state index is 5.91. The minimum absolute atomic E-state index is 0.236. The molecule has 0 saturated heterocycles. The van der Waals surface area contributed by atoms with E-state index in [9.17, 15) is 0 Å². The second kappa shape index (κ2) is 5.20. The topological polar surface area (TPSA) is 16.1 Å². The van der Waals surface area contributed by atoms with Crippen LogP contribution >= 0.6 is 11.6 Å². The first-order valence-electron chi connectivity index (χ1n) is 4.87. The summed E-state index contributed by atoms with van der Waals surface area (Å²) in [6, 6.07) is 2.04. The molecular formula is C11H17ClN2. The summed E-state index contributed by atoms with van der Waals surface area (Å²) in [4.78, 5) is 6.29. The molecule has 0 aliphatic carbocycles. The lowest BCUT2D eigenvalue weighted by Gasteiger charge is -2.21. The second-order valence-electron chi connectivity index (χ2n) is 3.65. The van der Waals surface area contributed by atoms with Crippen LogP contribution in [0.5, 0.6) is 0 Å². The molecule has 14 heavy (non-hydrogen) atoms. The maximum Gasteiger partial charge on any atom is 0.0424 e. The summed E-state index contributed by atoms with van der Waals surface area (Å²) in [6.07, 6.45) is 4.71. The van der Waals surface area contributed by atoms with Gasteiger partial charge in [0, 0.05) is 37.1 Å². The average Bonchev–Trinajstić information content (AvgIpc) is 2.15. The Balaban J connectivity index is 2.60. The lowest BCUT2D eigenvalue weighted by molar-refractivity contribution is 0.771. The number of rotatable bonds is 4. The van der Waals surface area contributed by atoms with Crippen LogP contribution in [0.2, 0.25) is 0 Å². The number of halogens is 1. The molecule has 1 atom stereocenters. The zero-order valence-corrected chi connectivity index (χ0v) is 9.75. The van der Waals surface area contributed by atoms with Gasteiger partial charge in [0.2, 0.25) is 0 Å². The third-order valence-corrected chi connectivity index (χ3v) is 2.48. The lowest BCUT2D eigenvalue weighted by Crippen LogP contribution is -2.21. The highest BCUT2D eigenvalue weighted by molar-refractivity contribution is 6.20. The molecule has 2 nitrogen and oxygen atoms in total. The van der Waals surface area contributed by atoms with E-state index in [2.05, 4.69) is 23.9 Å². The van der Waals surface area contributed by atoms with Crippen LogP contribution in [0.15, 0.2) is 18.5 Å². The molecule has 0 fully saturated rings.